The number of hydrogen-bond donors (Lipinski definition) is 1. The van der Waals surface area contributed by atoms with Gasteiger partial charge in [-0.25, -0.2) is 0 Å². The van der Waals surface area contributed by atoms with Crippen LogP contribution < -0.4 is 5.32 Å². The van der Waals surface area contributed by atoms with E-state index in [1.54, 1.807) is 6.20 Å². The van der Waals surface area contributed by atoms with Crippen molar-refractivity contribution in [3.05, 3.63) is 29.6 Å². The molecule has 0 radical (unpaired) electrons. The molecule has 2 heterocycles. The fourth-order valence-electron chi connectivity index (χ4n) is 2.51. The van der Waals surface area contributed by atoms with Crippen LogP contribution in [0.4, 0.5) is 0 Å². The van der Waals surface area contributed by atoms with Crippen molar-refractivity contribution in [2.45, 2.75) is 19.8 Å². The fraction of sp³-hybridized carbons (Fsp3) is 0.571. The monoisotopic (exact) mass is 247 g/mol. The molecule has 0 spiro atoms. The predicted molar refractivity (Wildman–Crippen MR) is 71.5 cm³/mol. The third kappa shape index (κ3) is 2.88. The Hall–Kier alpha value is -1.42. The Bertz CT molecular complexity index is 411. The topological polar surface area (TPSA) is 45.2 Å². The summed E-state index contributed by atoms with van der Waals surface area (Å²) in [6.45, 7) is 4.66. The van der Waals surface area contributed by atoms with E-state index in [2.05, 4.69) is 10.3 Å². The molecule has 0 unspecified atom stereocenters. The Balaban J connectivity index is 1.98. The Labute approximate surface area is 108 Å². The number of pyridine rings is 1. The molecular formula is C14H21N3O. The van der Waals surface area contributed by atoms with Crippen LogP contribution in [0.3, 0.4) is 0 Å². The number of aryl methyl sites for hydroxylation is 1. The summed E-state index contributed by atoms with van der Waals surface area (Å²) in [5.74, 6) is 0.831. The van der Waals surface area contributed by atoms with Gasteiger partial charge in [-0.3, -0.25) is 9.78 Å². The first kappa shape index (κ1) is 13.0. The van der Waals surface area contributed by atoms with E-state index < -0.39 is 0 Å². The van der Waals surface area contributed by atoms with Crippen LogP contribution in [0.1, 0.15) is 28.9 Å². The van der Waals surface area contributed by atoms with Crippen molar-refractivity contribution in [2.24, 2.45) is 5.92 Å². The number of aromatic nitrogens is 1. The molecule has 2 rings (SSSR count). The van der Waals surface area contributed by atoms with Crippen molar-refractivity contribution < 1.29 is 4.79 Å². The molecule has 0 aromatic carbocycles. The van der Waals surface area contributed by atoms with Gasteiger partial charge in [0, 0.05) is 25.0 Å². The van der Waals surface area contributed by atoms with Crippen molar-refractivity contribution in [1.82, 2.24) is 15.2 Å². The van der Waals surface area contributed by atoms with E-state index in [4.69, 9.17) is 0 Å². The zero-order chi connectivity index (χ0) is 13.0. The van der Waals surface area contributed by atoms with Gasteiger partial charge < -0.3 is 10.2 Å². The molecule has 1 fully saturated rings. The predicted octanol–water partition coefficient (Wildman–Crippen LogP) is 1.46. The molecule has 0 saturated carbocycles. The van der Waals surface area contributed by atoms with Gasteiger partial charge in [0.15, 0.2) is 0 Å². The maximum atomic E-state index is 12.4. The summed E-state index contributed by atoms with van der Waals surface area (Å²) in [4.78, 5) is 18.5. The summed E-state index contributed by atoms with van der Waals surface area (Å²) in [5, 5.41) is 3.21. The number of rotatable bonds is 3. The summed E-state index contributed by atoms with van der Waals surface area (Å²) in [6.07, 6.45) is 3.91. The molecule has 1 aromatic heterocycles. The standard InChI is InChI=1S/C14H21N3O/c1-11-13(4-3-7-16-11)14(18)17-8-5-12(6-9-17)10-15-2/h3-4,7,12,15H,5-6,8-10H2,1-2H3. The first-order chi connectivity index (χ1) is 8.72. The van der Waals surface area contributed by atoms with Crippen molar-refractivity contribution in [2.75, 3.05) is 26.7 Å². The number of carbonyl (C=O) groups is 1. The highest BCUT2D eigenvalue weighted by Crippen LogP contribution is 2.19. The van der Waals surface area contributed by atoms with Crippen molar-refractivity contribution in [3.8, 4) is 0 Å². The lowest BCUT2D eigenvalue weighted by Gasteiger charge is -2.32. The van der Waals surface area contributed by atoms with Gasteiger partial charge in [-0.1, -0.05) is 0 Å². The van der Waals surface area contributed by atoms with Crippen LogP contribution in [0.25, 0.3) is 0 Å². The van der Waals surface area contributed by atoms with E-state index in [1.807, 2.05) is 31.0 Å². The van der Waals surface area contributed by atoms with Crippen LogP contribution in [0.15, 0.2) is 18.3 Å². The average molecular weight is 247 g/mol. The van der Waals surface area contributed by atoms with Gasteiger partial charge in [-0.05, 0) is 51.4 Å². The number of likely N-dealkylation sites (tertiary alicyclic amines) is 1. The largest absolute Gasteiger partial charge is 0.339 e. The number of nitrogens with one attached hydrogen (secondary N) is 1. The first-order valence-electron chi connectivity index (χ1n) is 6.58. The molecule has 1 N–H and O–H groups in total. The molecule has 1 aromatic rings. The van der Waals surface area contributed by atoms with Crippen molar-refractivity contribution >= 4 is 5.91 Å². The van der Waals surface area contributed by atoms with Gasteiger partial charge in [0.1, 0.15) is 0 Å². The number of amides is 1. The van der Waals surface area contributed by atoms with Crippen LogP contribution in [0.5, 0.6) is 0 Å². The zero-order valence-corrected chi connectivity index (χ0v) is 11.1. The molecule has 1 aliphatic heterocycles. The zero-order valence-electron chi connectivity index (χ0n) is 11.1. The average Bonchev–Trinajstić information content (AvgIpc) is 2.40. The minimum Gasteiger partial charge on any atom is -0.339 e. The van der Waals surface area contributed by atoms with Crippen LogP contribution in [0.2, 0.25) is 0 Å². The molecule has 18 heavy (non-hydrogen) atoms. The molecule has 4 nitrogen and oxygen atoms in total. The van der Waals surface area contributed by atoms with Crippen LogP contribution >= 0.6 is 0 Å². The summed E-state index contributed by atoms with van der Waals surface area (Å²) in [6, 6.07) is 3.69. The fourth-order valence-corrected chi connectivity index (χ4v) is 2.51. The van der Waals surface area contributed by atoms with Crippen LogP contribution in [-0.2, 0) is 0 Å². The smallest absolute Gasteiger partial charge is 0.255 e. The van der Waals surface area contributed by atoms with Gasteiger partial charge >= 0.3 is 0 Å². The van der Waals surface area contributed by atoms with Gasteiger partial charge in [0.05, 0.1) is 5.56 Å². The molecule has 1 saturated heterocycles. The second-order valence-corrected chi connectivity index (χ2v) is 4.93. The highest BCUT2D eigenvalue weighted by atomic mass is 16.2. The normalized spacial score (nSPS) is 16.9. The lowest BCUT2D eigenvalue weighted by atomic mass is 9.96. The van der Waals surface area contributed by atoms with Crippen LogP contribution in [0, 0.1) is 12.8 Å². The van der Waals surface area contributed by atoms with E-state index in [1.165, 1.54) is 0 Å². The molecular weight excluding hydrogens is 226 g/mol. The van der Waals surface area contributed by atoms with Gasteiger partial charge in [0.25, 0.3) is 5.91 Å². The lowest BCUT2D eigenvalue weighted by molar-refractivity contribution is 0.0689. The molecule has 98 valence electrons. The molecule has 4 heteroatoms. The lowest BCUT2D eigenvalue weighted by Crippen LogP contribution is -2.40. The number of nitrogens with zero attached hydrogens (tertiary/aromatic N) is 2. The maximum absolute atomic E-state index is 12.4. The number of hydrogen-bond acceptors (Lipinski definition) is 3. The third-order valence-corrected chi connectivity index (χ3v) is 3.63. The van der Waals surface area contributed by atoms with E-state index in [-0.39, 0.29) is 5.91 Å². The minimum absolute atomic E-state index is 0.128. The second-order valence-electron chi connectivity index (χ2n) is 4.93. The molecule has 1 amide bonds. The van der Waals surface area contributed by atoms with Crippen molar-refractivity contribution in [1.29, 1.82) is 0 Å². The molecule has 0 bridgehead atoms. The quantitative estimate of drug-likeness (QED) is 0.879. The van der Waals surface area contributed by atoms with Crippen molar-refractivity contribution in [3.63, 3.8) is 0 Å². The molecule has 0 aliphatic carbocycles. The first-order valence-corrected chi connectivity index (χ1v) is 6.58. The Kier molecular flexibility index (Phi) is 4.31. The molecule has 1 aliphatic rings. The van der Waals surface area contributed by atoms with E-state index in [9.17, 15) is 4.79 Å². The minimum atomic E-state index is 0.128. The Morgan fingerprint density at radius 1 is 1.50 bits per heavy atom. The Morgan fingerprint density at radius 3 is 2.83 bits per heavy atom. The number of carbonyl (C=O) groups excluding carboxylic acids is 1. The van der Waals surface area contributed by atoms with E-state index in [0.717, 1.165) is 43.7 Å². The van der Waals surface area contributed by atoms with Gasteiger partial charge in [-0.15, -0.1) is 0 Å². The van der Waals surface area contributed by atoms with E-state index >= 15 is 0 Å². The molecule has 0 atom stereocenters. The maximum Gasteiger partial charge on any atom is 0.255 e. The summed E-state index contributed by atoms with van der Waals surface area (Å²) in [5.41, 5.74) is 1.56. The summed E-state index contributed by atoms with van der Waals surface area (Å²) >= 11 is 0. The SMILES string of the molecule is CNCC1CCN(C(=O)c2cccnc2C)CC1. The Morgan fingerprint density at radius 2 is 2.22 bits per heavy atom. The summed E-state index contributed by atoms with van der Waals surface area (Å²) in [7, 11) is 1.98. The van der Waals surface area contributed by atoms with Gasteiger partial charge in [0.2, 0.25) is 0 Å². The number of piperidine rings is 1. The van der Waals surface area contributed by atoms with Gasteiger partial charge in [-0.2, -0.15) is 0 Å². The summed E-state index contributed by atoms with van der Waals surface area (Å²) < 4.78 is 0. The third-order valence-electron chi connectivity index (χ3n) is 3.63. The highest BCUT2D eigenvalue weighted by Gasteiger charge is 2.24. The highest BCUT2D eigenvalue weighted by molar-refractivity contribution is 5.95. The van der Waals surface area contributed by atoms with E-state index in [0.29, 0.717) is 5.92 Å². The second kappa shape index (κ2) is 5.96. The van der Waals surface area contributed by atoms with Crippen LogP contribution in [-0.4, -0.2) is 42.5 Å².